The first-order valence-electron chi connectivity index (χ1n) is 9.59. The van der Waals surface area contributed by atoms with Crippen LogP contribution in [-0.2, 0) is 14.8 Å². The fourth-order valence-electron chi connectivity index (χ4n) is 2.99. The minimum atomic E-state index is -4.15. The van der Waals surface area contributed by atoms with Gasteiger partial charge in [-0.05, 0) is 60.2 Å². The molecule has 0 bridgehead atoms. The number of hydrogen-bond donors (Lipinski definition) is 0. The Morgan fingerprint density at radius 1 is 0.812 bits per heavy atom. The van der Waals surface area contributed by atoms with Crippen LogP contribution in [0.4, 0.5) is 5.69 Å². The lowest BCUT2D eigenvalue weighted by atomic mass is 10.2. The monoisotopic (exact) mass is 453 g/mol. The second-order valence-corrected chi connectivity index (χ2v) is 8.35. The second-order valence-electron chi connectivity index (χ2n) is 6.57. The van der Waals surface area contributed by atoms with Crippen molar-refractivity contribution in [3.63, 3.8) is 0 Å². The quantitative estimate of drug-likeness (QED) is 0.477. The van der Waals surface area contributed by atoms with E-state index in [9.17, 15) is 13.2 Å². The van der Waals surface area contributed by atoms with E-state index < -0.39 is 15.9 Å². The van der Waals surface area contributed by atoms with Crippen molar-refractivity contribution in [2.24, 2.45) is 0 Å². The molecule has 0 aromatic heterocycles. The second kappa shape index (κ2) is 10.0. The Morgan fingerprint density at radius 3 is 2.06 bits per heavy atom. The molecule has 7 nitrogen and oxygen atoms in total. The molecule has 0 atom stereocenters. The van der Waals surface area contributed by atoms with E-state index in [4.69, 9.17) is 14.2 Å². The zero-order chi connectivity index (χ0) is 23.1. The Bertz CT molecular complexity index is 1200. The van der Waals surface area contributed by atoms with Crippen LogP contribution in [0.2, 0.25) is 0 Å². The molecule has 8 heteroatoms. The maximum Gasteiger partial charge on any atom is 0.271 e. The van der Waals surface area contributed by atoms with Crippen LogP contribution in [0, 0.1) is 0 Å². The molecule has 3 rings (SSSR count). The van der Waals surface area contributed by atoms with Crippen LogP contribution in [0.1, 0.15) is 5.56 Å². The Kier molecular flexibility index (Phi) is 7.17. The highest BCUT2D eigenvalue weighted by Gasteiger charge is 2.29. The molecule has 3 aromatic rings. The molecule has 0 radical (unpaired) electrons. The molecule has 0 N–H and O–H groups in total. The van der Waals surface area contributed by atoms with Gasteiger partial charge in [-0.3, -0.25) is 4.79 Å². The highest BCUT2D eigenvalue weighted by Crippen LogP contribution is 2.29. The number of amides is 1. The topological polar surface area (TPSA) is 82.1 Å². The number of carbonyl (C=O) groups excluding carboxylic acids is 1. The number of rotatable bonds is 8. The van der Waals surface area contributed by atoms with Crippen molar-refractivity contribution in [3.05, 3.63) is 84.4 Å². The molecule has 0 fully saturated rings. The predicted octanol–water partition coefficient (Wildman–Crippen LogP) is 4.15. The van der Waals surface area contributed by atoms with Gasteiger partial charge in [0.2, 0.25) is 0 Å². The van der Waals surface area contributed by atoms with Crippen LogP contribution in [-0.4, -0.2) is 35.7 Å². The third-order valence-electron chi connectivity index (χ3n) is 4.61. The molecule has 0 unspecified atom stereocenters. The highest BCUT2D eigenvalue weighted by molar-refractivity contribution is 7.93. The minimum absolute atomic E-state index is 0.00341. The molecule has 0 heterocycles. The van der Waals surface area contributed by atoms with Crippen LogP contribution in [0.5, 0.6) is 17.2 Å². The van der Waals surface area contributed by atoms with Crippen molar-refractivity contribution >= 4 is 27.7 Å². The van der Waals surface area contributed by atoms with Crippen molar-refractivity contribution in [2.75, 3.05) is 25.6 Å². The first-order valence-corrected chi connectivity index (χ1v) is 11.0. The van der Waals surface area contributed by atoms with Gasteiger partial charge in [0.1, 0.15) is 5.75 Å². The molecular weight excluding hydrogens is 430 g/mol. The SMILES string of the molecule is COc1ccc(N(C(=O)/C=C/c2ccc(OC)c(OC)c2)S(=O)(=O)c2ccccc2)cc1. The van der Waals surface area contributed by atoms with Crippen molar-refractivity contribution in [1.82, 2.24) is 0 Å². The van der Waals surface area contributed by atoms with E-state index in [-0.39, 0.29) is 10.6 Å². The summed E-state index contributed by atoms with van der Waals surface area (Å²) >= 11 is 0. The summed E-state index contributed by atoms with van der Waals surface area (Å²) in [6.45, 7) is 0. The molecule has 3 aromatic carbocycles. The average Bonchev–Trinajstić information content (AvgIpc) is 2.83. The first-order chi connectivity index (χ1) is 15.4. The third-order valence-corrected chi connectivity index (χ3v) is 6.35. The Labute approximate surface area is 187 Å². The number of carbonyl (C=O) groups is 1. The largest absolute Gasteiger partial charge is 0.497 e. The smallest absolute Gasteiger partial charge is 0.271 e. The van der Waals surface area contributed by atoms with E-state index in [1.807, 2.05) is 0 Å². The Hall–Kier alpha value is -3.78. The van der Waals surface area contributed by atoms with Gasteiger partial charge < -0.3 is 14.2 Å². The molecular formula is C24H23NO6S. The van der Waals surface area contributed by atoms with E-state index in [1.54, 1.807) is 48.5 Å². The zero-order valence-electron chi connectivity index (χ0n) is 17.9. The third kappa shape index (κ3) is 4.92. The lowest BCUT2D eigenvalue weighted by Crippen LogP contribution is -2.35. The molecule has 0 spiro atoms. The van der Waals surface area contributed by atoms with Gasteiger partial charge in [-0.2, -0.15) is 4.31 Å². The van der Waals surface area contributed by atoms with E-state index in [0.717, 1.165) is 4.31 Å². The van der Waals surface area contributed by atoms with Gasteiger partial charge in [-0.15, -0.1) is 0 Å². The van der Waals surface area contributed by atoms with Crippen LogP contribution >= 0.6 is 0 Å². The van der Waals surface area contributed by atoms with E-state index >= 15 is 0 Å². The Morgan fingerprint density at radius 2 is 1.47 bits per heavy atom. The summed E-state index contributed by atoms with van der Waals surface area (Å²) in [4.78, 5) is 13.1. The highest BCUT2D eigenvalue weighted by atomic mass is 32.2. The summed E-state index contributed by atoms with van der Waals surface area (Å²) in [5.74, 6) is 0.849. The first kappa shape index (κ1) is 22.9. The Balaban J connectivity index is 2.01. The standard InChI is InChI=1S/C24H23NO6S/c1-29-20-13-11-19(12-14-20)25(32(27,28)21-7-5-4-6-8-21)24(26)16-10-18-9-15-22(30-2)23(17-18)31-3/h4-17H,1-3H3/b16-10+. The summed E-state index contributed by atoms with van der Waals surface area (Å²) < 4.78 is 43.0. The van der Waals surface area contributed by atoms with Crippen LogP contribution in [0.15, 0.2) is 83.8 Å². The van der Waals surface area contributed by atoms with Gasteiger partial charge in [-0.25, -0.2) is 8.42 Å². The van der Waals surface area contributed by atoms with Gasteiger partial charge in [0.15, 0.2) is 11.5 Å². The molecule has 0 aliphatic carbocycles. The van der Waals surface area contributed by atoms with Crippen molar-refractivity contribution in [3.8, 4) is 17.2 Å². The number of benzene rings is 3. The molecule has 1 amide bonds. The van der Waals surface area contributed by atoms with E-state index in [0.29, 0.717) is 22.8 Å². The summed E-state index contributed by atoms with van der Waals surface area (Å²) in [6.07, 6.45) is 2.72. The van der Waals surface area contributed by atoms with Crippen molar-refractivity contribution < 1.29 is 27.4 Å². The fraction of sp³-hybridized carbons (Fsp3) is 0.125. The molecule has 0 saturated carbocycles. The number of hydrogen-bond acceptors (Lipinski definition) is 6. The molecule has 0 aliphatic rings. The van der Waals surface area contributed by atoms with Gasteiger partial charge in [-0.1, -0.05) is 24.3 Å². The van der Waals surface area contributed by atoms with Gasteiger partial charge in [0.25, 0.3) is 15.9 Å². The molecule has 166 valence electrons. The number of sulfonamides is 1. The zero-order valence-corrected chi connectivity index (χ0v) is 18.7. The van der Waals surface area contributed by atoms with Crippen molar-refractivity contribution in [2.45, 2.75) is 4.90 Å². The molecule has 0 aliphatic heterocycles. The summed E-state index contributed by atoms with van der Waals surface area (Å²) in [7, 11) is 0.385. The summed E-state index contributed by atoms with van der Waals surface area (Å²) in [6, 6.07) is 19.1. The fourth-order valence-corrected chi connectivity index (χ4v) is 4.40. The van der Waals surface area contributed by atoms with Gasteiger partial charge >= 0.3 is 0 Å². The van der Waals surface area contributed by atoms with Crippen LogP contribution in [0.25, 0.3) is 6.08 Å². The maximum atomic E-state index is 13.3. The van der Waals surface area contributed by atoms with Crippen LogP contribution in [0.3, 0.4) is 0 Å². The number of methoxy groups -OCH3 is 3. The summed E-state index contributed by atoms with van der Waals surface area (Å²) in [5, 5.41) is 0. The lowest BCUT2D eigenvalue weighted by molar-refractivity contribution is -0.113. The van der Waals surface area contributed by atoms with E-state index in [2.05, 4.69) is 0 Å². The van der Waals surface area contributed by atoms with Crippen molar-refractivity contribution in [1.29, 1.82) is 0 Å². The van der Waals surface area contributed by atoms with Gasteiger partial charge in [0.05, 0.1) is 31.9 Å². The molecule has 32 heavy (non-hydrogen) atoms. The average molecular weight is 454 g/mol. The maximum absolute atomic E-state index is 13.3. The molecule has 0 saturated heterocycles. The number of anilines is 1. The normalized spacial score (nSPS) is 11.2. The predicted molar refractivity (Wildman–Crippen MR) is 123 cm³/mol. The minimum Gasteiger partial charge on any atom is -0.497 e. The van der Waals surface area contributed by atoms with Gasteiger partial charge in [0, 0.05) is 6.08 Å². The number of nitrogens with zero attached hydrogens (tertiary/aromatic N) is 1. The van der Waals surface area contributed by atoms with E-state index in [1.165, 1.54) is 57.7 Å². The van der Waals surface area contributed by atoms with Crippen LogP contribution < -0.4 is 18.5 Å². The number of ether oxygens (including phenoxy) is 3. The summed E-state index contributed by atoms with van der Waals surface area (Å²) in [5.41, 5.74) is 0.833. The lowest BCUT2D eigenvalue weighted by Gasteiger charge is -2.21.